The molecular weight excluding hydrogens is 234 g/mol. The summed E-state index contributed by atoms with van der Waals surface area (Å²) in [5.74, 6) is 0. The third-order valence-corrected chi connectivity index (χ3v) is 6.35. The van der Waals surface area contributed by atoms with Crippen LogP contribution in [0.2, 0.25) is 0 Å². The lowest BCUT2D eigenvalue weighted by atomic mass is 9.72. The number of hydrogen-bond acceptors (Lipinski definition) is 3. The molecule has 1 aromatic carbocycles. The monoisotopic (exact) mass is 247 g/mol. The maximum absolute atomic E-state index is 12.5. The fourth-order valence-corrected chi connectivity index (χ4v) is 4.92. The first-order valence-corrected chi connectivity index (χ1v) is 7.23. The summed E-state index contributed by atoms with van der Waals surface area (Å²) in [6, 6.07) is 10.4. The molecule has 2 fully saturated rings. The molecule has 0 saturated heterocycles. The summed E-state index contributed by atoms with van der Waals surface area (Å²) in [5, 5.41) is 9.26. The summed E-state index contributed by atoms with van der Waals surface area (Å²) in [6.45, 7) is 0. The minimum atomic E-state index is -3.51. The van der Waals surface area contributed by atoms with Crippen LogP contribution in [0.15, 0.2) is 35.2 Å². The van der Waals surface area contributed by atoms with E-state index in [1.165, 1.54) is 0 Å². The summed E-state index contributed by atoms with van der Waals surface area (Å²) in [5.41, 5.74) is 0.192. The molecule has 0 radical (unpaired) electrons. The molecule has 2 aliphatic carbocycles. The van der Waals surface area contributed by atoms with Crippen LogP contribution in [0.25, 0.3) is 0 Å². The van der Waals surface area contributed by atoms with E-state index in [0.717, 1.165) is 12.8 Å². The van der Waals surface area contributed by atoms with Gasteiger partial charge in [0.25, 0.3) is 0 Å². The van der Waals surface area contributed by atoms with Crippen molar-refractivity contribution in [3.63, 3.8) is 0 Å². The summed E-state index contributed by atoms with van der Waals surface area (Å²) in [6.07, 6.45) is 3.21. The molecule has 3 nitrogen and oxygen atoms in total. The highest BCUT2D eigenvalue weighted by Gasteiger charge is 2.67. The zero-order valence-corrected chi connectivity index (χ0v) is 10.2. The summed E-state index contributed by atoms with van der Waals surface area (Å²) >= 11 is 0. The third kappa shape index (κ3) is 1.35. The maximum atomic E-state index is 12.5. The summed E-state index contributed by atoms with van der Waals surface area (Å²) < 4.78 is 23.8. The van der Waals surface area contributed by atoms with Crippen LogP contribution in [0.4, 0.5) is 0 Å². The van der Waals surface area contributed by atoms with Crippen LogP contribution in [-0.4, -0.2) is 13.2 Å². The minimum absolute atomic E-state index is 0.192. The SMILES string of the molecule is N#CC1(S(=O)(=O)c2ccccc2)CC2(CC2)C1. The average Bonchev–Trinajstić information content (AvgIpc) is 3.07. The van der Waals surface area contributed by atoms with Gasteiger partial charge < -0.3 is 0 Å². The van der Waals surface area contributed by atoms with Gasteiger partial charge in [-0.25, -0.2) is 8.42 Å². The Balaban J connectivity index is 2.01. The number of benzene rings is 1. The Morgan fingerprint density at radius 2 is 1.71 bits per heavy atom. The standard InChI is InChI=1S/C13H13NO2S/c14-10-13(8-12(9-13)6-7-12)17(15,16)11-4-2-1-3-5-11/h1-5H,6-9H2. The molecular formula is C13H13NO2S. The zero-order chi connectivity index (χ0) is 12.1. The van der Waals surface area contributed by atoms with E-state index in [-0.39, 0.29) is 10.3 Å². The second kappa shape index (κ2) is 3.11. The van der Waals surface area contributed by atoms with E-state index in [9.17, 15) is 13.7 Å². The van der Waals surface area contributed by atoms with Gasteiger partial charge in [0.05, 0.1) is 11.0 Å². The number of rotatable bonds is 2. The number of sulfone groups is 1. The lowest BCUT2D eigenvalue weighted by Crippen LogP contribution is -2.50. The Morgan fingerprint density at radius 1 is 1.12 bits per heavy atom. The fraction of sp³-hybridized carbons (Fsp3) is 0.462. The van der Waals surface area contributed by atoms with E-state index in [4.69, 9.17) is 0 Å². The van der Waals surface area contributed by atoms with Crippen molar-refractivity contribution in [1.82, 2.24) is 0 Å². The van der Waals surface area contributed by atoms with Crippen LogP contribution in [0.1, 0.15) is 25.7 Å². The molecule has 1 spiro atoms. The van der Waals surface area contributed by atoms with Crippen molar-refractivity contribution in [2.75, 3.05) is 0 Å². The van der Waals surface area contributed by atoms with Gasteiger partial charge in [0.1, 0.15) is 0 Å². The van der Waals surface area contributed by atoms with E-state index in [1.54, 1.807) is 30.3 Å². The number of hydrogen-bond donors (Lipinski definition) is 0. The molecule has 3 rings (SSSR count). The lowest BCUT2D eigenvalue weighted by Gasteiger charge is -2.42. The molecule has 0 atom stereocenters. The van der Waals surface area contributed by atoms with Crippen molar-refractivity contribution in [2.45, 2.75) is 35.3 Å². The quantitative estimate of drug-likeness (QED) is 0.805. The van der Waals surface area contributed by atoms with Crippen LogP contribution in [0.3, 0.4) is 0 Å². The van der Waals surface area contributed by atoms with Gasteiger partial charge in [-0.15, -0.1) is 0 Å². The Kier molecular flexibility index (Phi) is 1.97. The Labute approximate surface area is 101 Å². The predicted octanol–water partition coefficient (Wildman–Crippen LogP) is 2.30. The normalized spacial score (nSPS) is 23.7. The molecule has 88 valence electrons. The van der Waals surface area contributed by atoms with Gasteiger partial charge in [-0.3, -0.25) is 0 Å². The summed E-state index contributed by atoms with van der Waals surface area (Å²) in [7, 11) is -3.51. The van der Waals surface area contributed by atoms with Gasteiger partial charge in [0, 0.05) is 0 Å². The molecule has 4 heteroatoms. The van der Waals surface area contributed by atoms with Crippen molar-refractivity contribution in [1.29, 1.82) is 5.26 Å². The fourth-order valence-electron chi connectivity index (χ4n) is 2.84. The van der Waals surface area contributed by atoms with Gasteiger partial charge in [-0.2, -0.15) is 5.26 Å². The van der Waals surface area contributed by atoms with Gasteiger partial charge >= 0.3 is 0 Å². The third-order valence-electron chi connectivity index (χ3n) is 4.05. The molecule has 0 unspecified atom stereocenters. The molecule has 0 bridgehead atoms. The first-order valence-electron chi connectivity index (χ1n) is 5.75. The Hall–Kier alpha value is -1.34. The van der Waals surface area contributed by atoms with E-state index in [2.05, 4.69) is 6.07 Å². The molecule has 17 heavy (non-hydrogen) atoms. The predicted molar refractivity (Wildman–Crippen MR) is 62.9 cm³/mol. The van der Waals surface area contributed by atoms with Crippen LogP contribution in [0.5, 0.6) is 0 Å². The molecule has 0 aliphatic heterocycles. The second-order valence-corrected chi connectivity index (χ2v) is 7.54. The largest absolute Gasteiger partial charge is 0.222 e. The van der Waals surface area contributed by atoms with Crippen molar-refractivity contribution in [3.05, 3.63) is 30.3 Å². The zero-order valence-electron chi connectivity index (χ0n) is 9.39. The molecule has 0 N–H and O–H groups in total. The van der Waals surface area contributed by atoms with Crippen molar-refractivity contribution < 1.29 is 8.42 Å². The molecule has 1 aromatic rings. The van der Waals surface area contributed by atoms with Crippen LogP contribution in [0, 0.1) is 16.7 Å². The van der Waals surface area contributed by atoms with Gasteiger partial charge in [0.15, 0.2) is 14.6 Å². The first kappa shape index (κ1) is 10.8. The number of nitriles is 1. The summed E-state index contributed by atoms with van der Waals surface area (Å²) in [4.78, 5) is 0.275. The average molecular weight is 247 g/mol. The number of nitrogens with zero attached hydrogens (tertiary/aromatic N) is 1. The van der Waals surface area contributed by atoms with Crippen LogP contribution < -0.4 is 0 Å². The van der Waals surface area contributed by atoms with Crippen molar-refractivity contribution in [3.8, 4) is 6.07 Å². The van der Waals surface area contributed by atoms with Gasteiger partial charge in [-0.1, -0.05) is 18.2 Å². The highest BCUT2D eigenvalue weighted by atomic mass is 32.2. The molecule has 2 aliphatic rings. The molecule has 0 amide bonds. The minimum Gasteiger partial charge on any atom is -0.222 e. The molecule has 0 aromatic heterocycles. The Morgan fingerprint density at radius 3 is 2.18 bits per heavy atom. The van der Waals surface area contributed by atoms with Crippen molar-refractivity contribution >= 4 is 9.84 Å². The smallest absolute Gasteiger partial charge is 0.197 e. The van der Waals surface area contributed by atoms with E-state index in [1.807, 2.05) is 0 Å². The topological polar surface area (TPSA) is 57.9 Å². The highest BCUT2D eigenvalue weighted by molar-refractivity contribution is 7.93. The van der Waals surface area contributed by atoms with E-state index in [0.29, 0.717) is 12.8 Å². The Bertz CT molecular complexity index is 586. The first-order chi connectivity index (χ1) is 8.04. The van der Waals surface area contributed by atoms with E-state index < -0.39 is 14.6 Å². The maximum Gasteiger partial charge on any atom is 0.197 e. The van der Waals surface area contributed by atoms with E-state index >= 15 is 0 Å². The highest BCUT2D eigenvalue weighted by Crippen LogP contribution is 2.67. The second-order valence-electron chi connectivity index (χ2n) is 5.28. The van der Waals surface area contributed by atoms with Crippen LogP contribution in [-0.2, 0) is 9.84 Å². The lowest BCUT2D eigenvalue weighted by molar-refractivity contribution is 0.238. The molecule has 2 saturated carbocycles. The van der Waals surface area contributed by atoms with Gasteiger partial charge in [-0.05, 0) is 43.2 Å². The molecule has 0 heterocycles. The van der Waals surface area contributed by atoms with Gasteiger partial charge in [0.2, 0.25) is 0 Å². The van der Waals surface area contributed by atoms with Crippen molar-refractivity contribution in [2.24, 2.45) is 5.41 Å². The van der Waals surface area contributed by atoms with Crippen LogP contribution >= 0.6 is 0 Å².